The van der Waals surface area contributed by atoms with Gasteiger partial charge in [0.05, 0.1) is 5.51 Å². The number of anilines is 1. The van der Waals surface area contributed by atoms with E-state index in [0.29, 0.717) is 12.1 Å². The Bertz CT molecular complexity index is 894. The molecule has 136 valence electrons. The molecule has 25 heavy (non-hydrogen) atoms. The zero-order valence-electron chi connectivity index (χ0n) is 13.3. The van der Waals surface area contributed by atoms with E-state index in [1.54, 1.807) is 0 Å². The second-order valence-corrected chi connectivity index (χ2v) is 8.24. The Labute approximate surface area is 145 Å². The van der Waals surface area contributed by atoms with Crippen LogP contribution in [-0.2, 0) is 14.8 Å². The normalized spacial score (nSPS) is 12.1. The Morgan fingerprint density at radius 1 is 1.20 bits per heavy atom. The average Bonchev–Trinajstić information content (AvgIpc) is 2.96. The van der Waals surface area contributed by atoms with Gasteiger partial charge >= 0.3 is 6.09 Å². The van der Waals surface area contributed by atoms with Crippen LogP contribution < -0.4 is 4.31 Å². The largest absolute Gasteiger partial charge is 0.443 e. The fraction of sp³-hybridized carbons (Fsp3) is 0.286. The van der Waals surface area contributed by atoms with Gasteiger partial charge in [0.2, 0.25) is 0 Å². The molecule has 0 spiro atoms. The van der Waals surface area contributed by atoms with Crippen molar-refractivity contribution in [1.29, 1.82) is 0 Å². The highest BCUT2D eigenvalue weighted by atomic mass is 32.2. The Morgan fingerprint density at radius 3 is 2.36 bits per heavy atom. The number of carbonyl (C=O) groups excluding carboxylic acids is 1. The molecule has 2 rings (SSSR count). The maximum absolute atomic E-state index is 14.0. The van der Waals surface area contributed by atoms with Crippen molar-refractivity contribution < 1.29 is 31.1 Å². The van der Waals surface area contributed by atoms with Crippen molar-refractivity contribution in [1.82, 2.24) is 4.98 Å². The summed E-state index contributed by atoms with van der Waals surface area (Å²) in [5.41, 5.74) is 0.178. The fourth-order valence-corrected chi connectivity index (χ4v) is 3.65. The van der Waals surface area contributed by atoms with E-state index in [-0.39, 0.29) is 10.1 Å². The molecule has 1 heterocycles. The van der Waals surface area contributed by atoms with Gasteiger partial charge in [0, 0.05) is 5.38 Å². The Hall–Kier alpha value is -2.14. The van der Waals surface area contributed by atoms with E-state index >= 15 is 0 Å². The van der Waals surface area contributed by atoms with Crippen molar-refractivity contribution in [3.8, 4) is 0 Å². The van der Waals surface area contributed by atoms with Crippen molar-refractivity contribution >= 4 is 33.3 Å². The van der Waals surface area contributed by atoms with E-state index in [0.717, 1.165) is 11.3 Å². The number of aromatic nitrogens is 1. The minimum absolute atomic E-state index is 0.102. The van der Waals surface area contributed by atoms with Crippen LogP contribution >= 0.6 is 11.3 Å². The molecule has 1 amide bonds. The van der Waals surface area contributed by atoms with Crippen LogP contribution in [0.1, 0.15) is 20.8 Å². The summed E-state index contributed by atoms with van der Waals surface area (Å²) in [7, 11) is -4.94. The van der Waals surface area contributed by atoms with Gasteiger partial charge in [0.1, 0.15) is 10.5 Å². The molecule has 6 nitrogen and oxygen atoms in total. The number of hydrogen-bond donors (Lipinski definition) is 0. The molecule has 0 fully saturated rings. The number of carbonyl (C=O) groups is 1. The quantitative estimate of drug-likeness (QED) is 0.742. The third kappa shape index (κ3) is 3.93. The smallest absolute Gasteiger partial charge is 0.430 e. The van der Waals surface area contributed by atoms with Crippen molar-refractivity contribution in [2.45, 2.75) is 31.3 Å². The van der Waals surface area contributed by atoms with Crippen LogP contribution in [0.2, 0.25) is 0 Å². The van der Waals surface area contributed by atoms with Crippen molar-refractivity contribution in [3.63, 3.8) is 0 Å². The van der Waals surface area contributed by atoms with Gasteiger partial charge in [-0.05, 0) is 32.9 Å². The lowest BCUT2D eigenvalue weighted by Gasteiger charge is -2.25. The van der Waals surface area contributed by atoms with Gasteiger partial charge in [-0.25, -0.2) is 31.4 Å². The van der Waals surface area contributed by atoms with E-state index in [1.807, 2.05) is 0 Å². The minimum atomic E-state index is -4.94. The van der Waals surface area contributed by atoms with Crippen molar-refractivity contribution in [2.75, 3.05) is 4.31 Å². The monoisotopic (exact) mass is 394 g/mol. The Balaban J connectivity index is 2.61. The van der Waals surface area contributed by atoms with Crippen LogP contribution in [0.15, 0.2) is 27.9 Å². The lowest BCUT2D eigenvalue weighted by atomic mass is 10.2. The second kappa shape index (κ2) is 6.64. The highest BCUT2D eigenvalue weighted by Gasteiger charge is 2.38. The van der Waals surface area contributed by atoms with Crippen LogP contribution in [-0.4, -0.2) is 25.1 Å². The summed E-state index contributed by atoms with van der Waals surface area (Å²) in [5.74, 6) is -5.83. The summed E-state index contributed by atoms with van der Waals surface area (Å²) in [6.45, 7) is 4.48. The molecule has 2 aromatic rings. The van der Waals surface area contributed by atoms with Crippen molar-refractivity contribution in [2.24, 2.45) is 0 Å². The maximum Gasteiger partial charge on any atom is 0.430 e. The molecule has 0 aliphatic heterocycles. The topological polar surface area (TPSA) is 76.6 Å². The Kier molecular flexibility index (Phi) is 5.09. The van der Waals surface area contributed by atoms with Gasteiger partial charge in [-0.3, -0.25) is 0 Å². The first-order valence-electron chi connectivity index (χ1n) is 6.75. The molecule has 0 bridgehead atoms. The molecule has 0 radical (unpaired) electrons. The maximum atomic E-state index is 14.0. The number of thiazole rings is 1. The van der Waals surface area contributed by atoms with Crippen LogP contribution in [0.5, 0.6) is 0 Å². The van der Waals surface area contributed by atoms with Crippen LogP contribution in [0.3, 0.4) is 0 Å². The summed E-state index contributed by atoms with van der Waals surface area (Å²) in [5, 5.41) is 1.21. The number of benzene rings is 1. The predicted molar refractivity (Wildman–Crippen MR) is 84.3 cm³/mol. The fourth-order valence-electron chi connectivity index (χ4n) is 1.73. The van der Waals surface area contributed by atoms with Crippen molar-refractivity contribution in [3.05, 3.63) is 40.5 Å². The summed E-state index contributed by atoms with van der Waals surface area (Å²) >= 11 is 0.972. The number of hydrogen-bond acceptors (Lipinski definition) is 6. The lowest BCUT2D eigenvalue weighted by Crippen LogP contribution is -2.41. The number of sulfonamides is 1. The average molecular weight is 394 g/mol. The molecule has 1 aromatic carbocycles. The summed E-state index contributed by atoms with van der Waals surface area (Å²) in [6.07, 6.45) is -1.36. The molecule has 11 heteroatoms. The molecule has 0 unspecified atom stereocenters. The van der Waals surface area contributed by atoms with Gasteiger partial charge in [0.25, 0.3) is 10.0 Å². The third-order valence-corrected chi connectivity index (χ3v) is 4.97. The van der Waals surface area contributed by atoms with Crippen LogP contribution in [0.4, 0.5) is 23.8 Å². The predicted octanol–water partition coefficient (Wildman–Crippen LogP) is 3.69. The standard InChI is InChI=1S/C14H13F3N2O4S2/c1-14(2,3)23-13(20)19(10-6-24-7-18-10)25(21,22)9-5-4-8(15)11(16)12(9)17/h4-7H,1-3H3. The van der Waals surface area contributed by atoms with Gasteiger partial charge in [-0.15, -0.1) is 15.6 Å². The molecule has 0 saturated carbocycles. The molecular weight excluding hydrogens is 381 g/mol. The number of ether oxygens (including phenoxy) is 1. The summed E-state index contributed by atoms with van der Waals surface area (Å²) in [6, 6.07) is 0.965. The highest BCUT2D eigenvalue weighted by Crippen LogP contribution is 2.28. The molecule has 0 aliphatic rings. The van der Waals surface area contributed by atoms with E-state index in [2.05, 4.69) is 4.98 Å². The molecule has 0 atom stereocenters. The van der Waals surface area contributed by atoms with Gasteiger partial charge in [-0.2, -0.15) is 0 Å². The van der Waals surface area contributed by atoms with Gasteiger partial charge in [-0.1, -0.05) is 0 Å². The zero-order valence-corrected chi connectivity index (χ0v) is 14.9. The van der Waals surface area contributed by atoms with Gasteiger partial charge < -0.3 is 4.74 Å². The van der Waals surface area contributed by atoms with E-state index in [9.17, 15) is 26.4 Å². The Morgan fingerprint density at radius 2 is 1.84 bits per heavy atom. The molecule has 1 aromatic heterocycles. The number of halogens is 3. The zero-order chi connectivity index (χ0) is 19.0. The molecular formula is C14H13F3N2O4S2. The summed E-state index contributed by atoms with van der Waals surface area (Å²) < 4.78 is 71.0. The lowest BCUT2D eigenvalue weighted by molar-refractivity contribution is 0.0608. The third-order valence-electron chi connectivity index (χ3n) is 2.70. The highest BCUT2D eigenvalue weighted by molar-refractivity contribution is 7.93. The van der Waals surface area contributed by atoms with Crippen LogP contribution in [0, 0.1) is 17.5 Å². The molecule has 0 saturated heterocycles. The number of nitrogens with zero attached hydrogens (tertiary/aromatic N) is 2. The first kappa shape index (κ1) is 19.2. The number of rotatable bonds is 3. The van der Waals surface area contributed by atoms with Gasteiger partial charge in [0.15, 0.2) is 23.3 Å². The van der Waals surface area contributed by atoms with E-state index in [1.165, 1.54) is 31.7 Å². The first-order valence-corrected chi connectivity index (χ1v) is 9.13. The SMILES string of the molecule is CC(C)(C)OC(=O)N(c1cscn1)S(=O)(=O)c1ccc(F)c(F)c1F. The molecule has 0 aliphatic carbocycles. The second-order valence-electron chi connectivity index (χ2n) is 5.77. The van der Waals surface area contributed by atoms with Crippen LogP contribution in [0.25, 0.3) is 0 Å². The van der Waals surface area contributed by atoms with E-state index in [4.69, 9.17) is 4.74 Å². The molecule has 0 N–H and O–H groups in total. The summed E-state index contributed by atoms with van der Waals surface area (Å²) in [4.78, 5) is 14.8. The number of amides is 1. The minimum Gasteiger partial charge on any atom is -0.443 e. The first-order chi connectivity index (χ1) is 11.4. The van der Waals surface area contributed by atoms with E-state index < -0.39 is 44.1 Å².